The quantitative estimate of drug-likeness (QED) is 0.778. The van der Waals surface area contributed by atoms with Crippen molar-refractivity contribution in [2.75, 3.05) is 7.11 Å². The lowest BCUT2D eigenvalue weighted by molar-refractivity contribution is -0.123. The Morgan fingerprint density at radius 3 is 2.33 bits per heavy atom. The first kappa shape index (κ1) is 12.0. The third-order valence-electron chi connectivity index (χ3n) is 3.04. The van der Waals surface area contributed by atoms with E-state index in [4.69, 9.17) is 0 Å². The fourth-order valence-corrected chi connectivity index (χ4v) is 2.07. The molecule has 0 radical (unpaired) electrons. The number of methoxy groups -OCH3 is 1. The van der Waals surface area contributed by atoms with Gasteiger partial charge in [0.2, 0.25) is 0 Å². The van der Waals surface area contributed by atoms with Crippen LogP contribution in [0, 0.1) is 5.92 Å². The Bertz CT molecular complexity index is 232. The number of hydrogen-bond donors (Lipinski definition) is 1. The van der Waals surface area contributed by atoms with E-state index in [2.05, 4.69) is 10.1 Å². The number of Topliss-reactive ketones (excluding diaryl/α,β-unsaturated/α-hetero) is 1. The topological polar surface area (TPSA) is 55.4 Å². The maximum atomic E-state index is 11.4. The summed E-state index contributed by atoms with van der Waals surface area (Å²) < 4.78 is 4.53. The molecule has 0 aromatic rings. The summed E-state index contributed by atoms with van der Waals surface area (Å²) in [7, 11) is 1.36. The average molecular weight is 213 g/mol. The number of ketones is 1. The number of ether oxygens (including phenoxy) is 1. The second kappa shape index (κ2) is 5.73. The molecule has 0 heterocycles. The number of rotatable bonds is 3. The van der Waals surface area contributed by atoms with E-state index in [1.54, 1.807) is 0 Å². The fraction of sp³-hybridized carbons (Fsp3) is 0.818. The van der Waals surface area contributed by atoms with Gasteiger partial charge in [-0.1, -0.05) is 6.92 Å². The first-order valence-corrected chi connectivity index (χ1v) is 5.54. The average Bonchev–Trinajstić information content (AvgIpc) is 2.29. The summed E-state index contributed by atoms with van der Waals surface area (Å²) in [5, 5.41) is 2.77. The number of amides is 1. The molecule has 4 heteroatoms. The number of carbonyl (C=O) groups is 2. The van der Waals surface area contributed by atoms with Crippen LogP contribution in [0.15, 0.2) is 0 Å². The van der Waals surface area contributed by atoms with Gasteiger partial charge >= 0.3 is 6.09 Å². The molecule has 1 fully saturated rings. The van der Waals surface area contributed by atoms with Crippen LogP contribution in [0.1, 0.15) is 39.0 Å². The Kier molecular flexibility index (Phi) is 4.59. The van der Waals surface area contributed by atoms with Crippen LogP contribution >= 0.6 is 0 Å². The van der Waals surface area contributed by atoms with Gasteiger partial charge in [-0.15, -0.1) is 0 Å². The zero-order valence-corrected chi connectivity index (χ0v) is 9.41. The van der Waals surface area contributed by atoms with Gasteiger partial charge < -0.3 is 10.1 Å². The zero-order valence-electron chi connectivity index (χ0n) is 9.41. The van der Waals surface area contributed by atoms with Crippen molar-refractivity contribution in [1.82, 2.24) is 5.32 Å². The standard InChI is InChI=1S/C11H19NO3/c1-3-10(13)8-4-6-9(7-5-8)12-11(14)15-2/h8-9H,3-7H2,1-2H3,(H,12,14)/t8-,9+. The third-order valence-corrected chi connectivity index (χ3v) is 3.04. The summed E-state index contributed by atoms with van der Waals surface area (Å²) in [4.78, 5) is 22.4. The Labute approximate surface area is 90.4 Å². The Morgan fingerprint density at radius 2 is 1.87 bits per heavy atom. The van der Waals surface area contributed by atoms with Gasteiger partial charge in [-0.05, 0) is 25.7 Å². The molecule has 1 saturated carbocycles. The minimum Gasteiger partial charge on any atom is -0.453 e. The van der Waals surface area contributed by atoms with Gasteiger partial charge in [-0.2, -0.15) is 0 Å². The minimum absolute atomic E-state index is 0.179. The maximum absolute atomic E-state index is 11.4. The van der Waals surface area contributed by atoms with Crippen LogP contribution in [-0.4, -0.2) is 25.0 Å². The summed E-state index contributed by atoms with van der Waals surface area (Å²) in [6, 6.07) is 0.179. The van der Waals surface area contributed by atoms with E-state index in [9.17, 15) is 9.59 Å². The first-order valence-electron chi connectivity index (χ1n) is 5.54. The minimum atomic E-state index is -0.375. The molecule has 0 atom stereocenters. The molecule has 15 heavy (non-hydrogen) atoms. The van der Waals surface area contributed by atoms with Gasteiger partial charge in [-0.3, -0.25) is 4.79 Å². The summed E-state index contributed by atoms with van der Waals surface area (Å²) in [5.74, 6) is 0.567. The van der Waals surface area contributed by atoms with Gasteiger partial charge in [-0.25, -0.2) is 4.79 Å². The Morgan fingerprint density at radius 1 is 1.27 bits per heavy atom. The van der Waals surface area contributed by atoms with Crippen LogP contribution in [0.4, 0.5) is 4.79 Å². The summed E-state index contributed by atoms with van der Waals surface area (Å²) in [5.41, 5.74) is 0. The first-order chi connectivity index (χ1) is 7.17. The van der Waals surface area contributed by atoms with E-state index < -0.39 is 0 Å². The Balaban J connectivity index is 2.29. The molecular formula is C11H19NO3. The van der Waals surface area contributed by atoms with Gasteiger partial charge in [0.05, 0.1) is 7.11 Å². The molecule has 0 aliphatic heterocycles. The molecule has 1 rings (SSSR count). The van der Waals surface area contributed by atoms with Gasteiger partial charge in [0.15, 0.2) is 0 Å². The summed E-state index contributed by atoms with van der Waals surface area (Å²) >= 11 is 0. The van der Waals surface area contributed by atoms with Crippen molar-refractivity contribution in [2.24, 2.45) is 5.92 Å². The highest BCUT2D eigenvalue weighted by Gasteiger charge is 2.25. The van der Waals surface area contributed by atoms with Gasteiger partial charge in [0.25, 0.3) is 0 Å². The van der Waals surface area contributed by atoms with Crippen LogP contribution in [0.5, 0.6) is 0 Å². The number of alkyl carbamates (subject to hydrolysis) is 1. The smallest absolute Gasteiger partial charge is 0.407 e. The fourth-order valence-electron chi connectivity index (χ4n) is 2.07. The highest BCUT2D eigenvalue weighted by molar-refractivity contribution is 5.80. The molecule has 0 spiro atoms. The molecule has 1 aliphatic carbocycles. The van der Waals surface area contributed by atoms with Crippen molar-refractivity contribution in [1.29, 1.82) is 0 Å². The number of nitrogens with one attached hydrogen (secondary N) is 1. The molecule has 0 unspecified atom stereocenters. The Hall–Kier alpha value is -1.06. The van der Waals surface area contributed by atoms with Crippen LogP contribution in [0.25, 0.3) is 0 Å². The molecule has 1 N–H and O–H groups in total. The summed E-state index contributed by atoms with van der Waals surface area (Å²) in [6.07, 6.45) is 3.79. The molecule has 0 saturated heterocycles. The molecule has 0 aromatic heterocycles. The normalized spacial score (nSPS) is 25.7. The highest BCUT2D eigenvalue weighted by Crippen LogP contribution is 2.25. The van der Waals surface area contributed by atoms with E-state index in [0.717, 1.165) is 25.7 Å². The highest BCUT2D eigenvalue weighted by atomic mass is 16.5. The van der Waals surface area contributed by atoms with Crippen molar-refractivity contribution in [3.05, 3.63) is 0 Å². The molecule has 0 bridgehead atoms. The van der Waals surface area contributed by atoms with E-state index in [1.807, 2.05) is 6.92 Å². The number of carbonyl (C=O) groups excluding carboxylic acids is 2. The van der Waals surface area contributed by atoms with Crippen LogP contribution < -0.4 is 5.32 Å². The molecular weight excluding hydrogens is 194 g/mol. The summed E-state index contributed by atoms with van der Waals surface area (Å²) in [6.45, 7) is 1.90. The predicted octanol–water partition coefficient (Wildman–Crippen LogP) is 1.88. The molecule has 1 amide bonds. The molecule has 0 aromatic carbocycles. The van der Waals surface area contributed by atoms with Gasteiger partial charge in [0.1, 0.15) is 5.78 Å². The second-order valence-corrected chi connectivity index (χ2v) is 4.00. The largest absolute Gasteiger partial charge is 0.453 e. The van der Waals surface area contributed by atoms with Crippen molar-refractivity contribution in [2.45, 2.75) is 45.1 Å². The maximum Gasteiger partial charge on any atom is 0.407 e. The monoisotopic (exact) mass is 213 g/mol. The van der Waals surface area contributed by atoms with Crippen molar-refractivity contribution in [3.8, 4) is 0 Å². The van der Waals surface area contributed by atoms with E-state index in [1.165, 1.54) is 7.11 Å². The molecule has 4 nitrogen and oxygen atoms in total. The molecule has 1 aliphatic rings. The second-order valence-electron chi connectivity index (χ2n) is 4.00. The predicted molar refractivity (Wildman–Crippen MR) is 56.6 cm³/mol. The van der Waals surface area contributed by atoms with Crippen LogP contribution in [-0.2, 0) is 9.53 Å². The third kappa shape index (κ3) is 3.53. The van der Waals surface area contributed by atoms with E-state index >= 15 is 0 Å². The van der Waals surface area contributed by atoms with Crippen LogP contribution in [0.2, 0.25) is 0 Å². The van der Waals surface area contributed by atoms with E-state index in [-0.39, 0.29) is 18.1 Å². The van der Waals surface area contributed by atoms with Crippen molar-refractivity contribution >= 4 is 11.9 Å². The van der Waals surface area contributed by atoms with E-state index in [0.29, 0.717) is 12.2 Å². The van der Waals surface area contributed by atoms with Gasteiger partial charge in [0, 0.05) is 18.4 Å². The lowest BCUT2D eigenvalue weighted by atomic mass is 9.83. The van der Waals surface area contributed by atoms with Crippen LogP contribution in [0.3, 0.4) is 0 Å². The zero-order chi connectivity index (χ0) is 11.3. The lowest BCUT2D eigenvalue weighted by Crippen LogP contribution is -2.38. The van der Waals surface area contributed by atoms with Crippen molar-refractivity contribution < 1.29 is 14.3 Å². The lowest BCUT2D eigenvalue weighted by Gasteiger charge is -2.27. The SMILES string of the molecule is CCC(=O)[C@H]1CC[C@@H](NC(=O)OC)CC1. The van der Waals surface area contributed by atoms with Crippen molar-refractivity contribution in [3.63, 3.8) is 0 Å². The number of hydrogen-bond acceptors (Lipinski definition) is 3. The molecule has 86 valence electrons.